The monoisotopic (exact) mass is 231 g/mol. The molecule has 0 amide bonds. The number of hydrogen-bond acceptors (Lipinski definition) is 4. The first-order chi connectivity index (χ1) is 7.45. The fraction of sp³-hybridized carbons (Fsp3) is 0.917. The van der Waals surface area contributed by atoms with Crippen molar-refractivity contribution < 1.29 is 14.3 Å². The van der Waals surface area contributed by atoms with Crippen molar-refractivity contribution in [3.8, 4) is 0 Å². The molecule has 0 saturated carbocycles. The van der Waals surface area contributed by atoms with E-state index in [9.17, 15) is 4.79 Å². The Morgan fingerprint density at radius 2 is 1.94 bits per heavy atom. The largest absolute Gasteiger partial charge is 0.466 e. The van der Waals surface area contributed by atoms with Gasteiger partial charge >= 0.3 is 5.97 Å². The highest BCUT2D eigenvalue weighted by atomic mass is 16.5. The summed E-state index contributed by atoms with van der Waals surface area (Å²) in [6, 6.07) is 0. The normalized spacial score (nSPS) is 11.5. The van der Waals surface area contributed by atoms with E-state index in [0.29, 0.717) is 26.2 Å². The zero-order chi connectivity index (χ0) is 12.4. The lowest BCUT2D eigenvalue weighted by atomic mass is 10.1. The van der Waals surface area contributed by atoms with Crippen LogP contribution in [0.4, 0.5) is 0 Å². The minimum absolute atomic E-state index is 0.105. The quantitative estimate of drug-likeness (QED) is 0.486. The molecule has 0 aromatic rings. The predicted octanol–water partition coefficient (Wildman–Crippen LogP) is 1.86. The van der Waals surface area contributed by atoms with Gasteiger partial charge in [-0.25, -0.2) is 0 Å². The van der Waals surface area contributed by atoms with E-state index in [1.165, 1.54) is 0 Å². The van der Waals surface area contributed by atoms with Gasteiger partial charge in [-0.1, -0.05) is 6.42 Å². The summed E-state index contributed by atoms with van der Waals surface area (Å²) in [5.74, 6) is -0.105. The summed E-state index contributed by atoms with van der Waals surface area (Å²) in [7, 11) is 0. The molecule has 0 unspecified atom stereocenters. The molecule has 0 heterocycles. The lowest BCUT2D eigenvalue weighted by Crippen LogP contribution is -2.37. The molecule has 96 valence electrons. The van der Waals surface area contributed by atoms with E-state index in [1.54, 1.807) is 0 Å². The maximum atomic E-state index is 11.0. The molecule has 0 rings (SSSR count). The van der Waals surface area contributed by atoms with Crippen LogP contribution in [0, 0.1) is 0 Å². The molecule has 0 aromatic carbocycles. The average Bonchev–Trinajstić information content (AvgIpc) is 2.15. The molecule has 0 aromatic heterocycles. The van der Waals surface area contributed by atoms with Gasteiger partial charge in [0, 0.05) is 18.6 Å². The number of carbonyl (C=O) groups is 1. The van der Waals surface area contributed by atoms with Crippen LogP contribution in [-0.2, 0) is 14.3 Å². The molecular weight excluding hydrogens is 206 g/mol. The summed E-state index contributed by atoms with van der Waals surface area (Å²) in [6.45, 7) is 7.45. The first-order valence-electron chi connectivity index (χ1n) is 5.98. The third-order valence-corrected chi connectivity index (χ3v) is 1.95. The van der Waals surface area contributed by atoms with Crippen molar-refractivity contribution >= 4 is 5.97 Å². The van der Waals surface area contributed by atoms with Crippen LogP contribution in [0.2, 0.25) is 0 Å². The van der Waals surface area contributed by atoms with Gasteiger partial charge < -0.3 is 15.2 Å². The Bertz CT molecular complexity index is 187. The molecule has 0 aliphatic heterocycles. The molecule has 0 aliphatic carbocycles. The number of carbonyl (C=O) groups excluding carboxylic acids is 1. The van der Waals surface area contributed by atoms with Crippen LogP contribution in [0.1, 0.15) is 46.5 Å². The highest BCUT2D eigenvalue weighted by Crippen LogP contribution is 2.03. The van der Waals surface area contributed by atoms with Gasteiger partial charge in [0.15, 0.2) is 0 Å². The number of hydrogen-bond donors (Lipinski definition) is 1. The molecule has 0 fully saturated rings. The van der Waals surface area contributed by atoms with Crippen LogP contribution < -0.4 is 5.73 Å². The Morgan fingerprint density at radius 1 is 1.25 bits per heavy atom. The van der Waals surface area contributed by atoms with Gasteiger partial charge in [0.05, 0.1) is 13.2 Å². The number of ether oxygens (including phenoxy) is 2. The van der Waals surface area contributed by atoms with Gasteiger partial charge in [-0.05, 0) is 33.6 Å². The van der Waals surface area contributed by atoms with Gasteiger partial charge in [-0.15, -0.1) is 0 Å². The molecule has 0 spiro atoms. The van der Waals surface area contributed by atoms with Crippen molar-refractivity contribution in [1.82, 2.24) is 0 Å². The number of rotatable bonds is 9. The lowest BCUT2D eigenvalue weighted by molar-refractivity contribution is -0.143. The van der Waals surface area contributed by atoms with Gasteiger partial charge in [-0.2, -0.15) is 0 Å². The van der Waals surface area contributed by atoms with Crippen LogP contribution in [-0.4, -0.2) is 31.3 Å². The van der Waals surface area contributed by atoms with Crippen LogP contribution in [0.15, 0.2) is 0 Å². The van der Waals surface area contributed by atoms with E-state index >= 15 is 0 Å². The summed E-state index contributed by atoms with van der Waals surface area (Å²) in [4.78, 5) is 11.0. The van der Waals surface area contributed by atoms with Crippen molar-refractivity contribution in [2.45, 2.75) is 52.0 Å². The number of nitrogens with two attached hydrogens (primary N) is 1. The summed E-state index contributed by atoms with van der Waals surface area (Å²) in [5, 5.41) is 0. The van der Waals surface area contributed by atoms with Crippen molar-refractivity contribution in [2.24, 2.45) is 5.73 Å². The zero-order valence-electron chi connectivity index (χ0n) is 10.8. The highest BCUT2D eigenvalue weighted by molar-refractivity contribution is 5.69. The van der Waals surface area contributed by atoms with E-state index in [-0.39, 0.29) is 11.5 Å². The Hall–Kier alpha value is -0.610. The SMILES string of the molecule is CCOC(=O)CCCCCOCC(C)(C)N. The molecular formula is C12H25NO3. The van der Waals surface area contributed by atoms with E-state index < -0.39 is 0 Å². The Balaban J connectivity index is 3.19. The fourth-order valence-electron chi connectivity index (χ4n) is 1.22. The topological polar surface area (TPSA) is 61.5 Å². The molecule has 16 heavy (non-hydrogen) atoms. The van der Waals surface area contributed by atoms with Gasteiger partial charge in [0.2, 0.25) is 0 Å². The molecule has 2 N–H and O–H groups in total. The maximum absolute atomic E-state index is 11.0. The van der Waals surface area contributed by atoms with Crippen LogP contribution in [0.5, 0.6) is 0 Å². The second-order valence-electron chi connectivity index (χ2n) is 4.66. The fourth-order valence-corrected chi connectivity index (χ4v) is 1.22. The third-order valence-electron chi connectivity index (χ3n) is 1.95. The molecule has 0 bridgehead atoms. The second kappa shape index (κ2) is 8.53. The predicted molar refractivity (Wildman–Crippen MR) is 64.2 cm³/mol. The minimum atomic E-state index is -0.259. The third kappa shape index (κ3) is 11.5. The van der Waals surface area contributed by atoms with Gasteiger partial charge in [0.1, 0.15) is 0 Å². The highest BCUT2D eigenvalue weighted by Gasteiger charge is 2.09. The van der Waals surface area contributed by atoms with Gasteiger partial charge in [-0.3, -0.25) is 4.79 Å². The van der Waals surface area contributed by atoms with E-state index in [4.69, 9.17) is 15.2 Å². The van der Waals surface area contributed by atoms with Crippen LogP contribution in [0.3, 0.4) is 0 Å². The Labute approximate surface area is 98.5 Å². The second-order valence-corrected chi connectivity index (χ2v) is 4.66. The van der Waals surface area contributed by atoms with E-state index in [2.05, 4.69) is 0 Å². The molecule has 4 nitrogen and oxygen atoms in total. The van der Waals surface area contributed by atoms with Crippen molar-refractivity contribution in [3.63, 3.8) is 0 Å². The van der Waals surface area contributed by atoms with Crippen LogP contribution >= 0.6 is 0 Å². The van der Waals surface area contributed by atoms with Crippen molar-refractivity contribution in [1.29, 1.82) is 0 Å². The summed E-state index contributed by atoms with van der Waals surface area (Å²) in [5.41, 5.74) is 5.50. The lowest BCUT2D eigenvalue weighted by Gasteiger charge is -2.17. The summed E-state index contributed by atoms with van der Waals surface area (Å²) >= 11 is 0. The van der Waals surface area contributed by atoms with Crippen molar-refractivity contribution in [2.75, 3.05) is 19.8 Å². The van der Waals surface area contributed by atoms with Crippen LogP contribution in [0.25, 0.3) is 0 Å². The Morgan fingerprint density at radius 3 is 2.50 bits per heavy atom. The molecule has 0 saturated heterocycles. The smallest absolute Gasteiger partial charge is 0.305 e. The molecule has 0 atom stereocenters. The van der Waals surface area contributed by atoms with E-state index in [0.717, 1.165) is 19.3 Å². The standard InChI is InChI=1S/C12H25NO3/c1-4-16-11(14)8-6-5-7-9-15-10-12(2,3)13/h4-10,13H2,1-3H3. The molecule has 0 radical (unpaired) electrons. The Kier molecular flexibility index (Phi) is 8.21. The van der Waals surface area contributed by atoms with E-state index in [1.807, 2.05) is 20.8 Å². The first-order valence-corrected chi connectivity index (χ1v) is 5.98. The molecule has 0 aliphatic rings. The minimum Gasteiger partial charge on any atom is -0.466 e. The maximum Gasteiger partial charge on any atom is 0.305 e. The summed E-state index contributed by atoms with van der Waals surface area (Å²) < 4.78 is 10.2. The zero-order valence-corrected chi connectivity index (χ0v) is 10.8. The first kappa shape index (κ1) is 15.4. The molecule has 4 heteroatoms. The number of unbranched alkanes of at least 4 members (excludes halogenated alkanes) is 2. The average molecular weight is 231 g/mol. The van der Waals surface area contributed by atoms with Crippen molar-refractivity contribution in [3.05, 3.63) is 0 Å². The number of esters is 1. The van der Waals surface area contributed by atoms with Gasteiger partial charge in [0.25, 0.3) is 0 Å². The summed E-state index contributed by atoms with van der Waals surface area (Å²) in [6.07, 6.45) is 3.34.